The van der Waals surface area contributed by atoms with E-state index in [0.29, 0.717) is 34.8 Å². The second-order valence-corrected chi connectivity index (χ2v) is 7.48. The predicted molar refractivity (Wildman–Crippen MR) is 95.4 cm³/mol. The molecule has 0 spiro atoms. The molecule has 0 radical (unpaired) electrons. The van der Waals surface area contributed by atoms with Crippen LogP contribution in [0.1, 0.15) is 46.6 Å². The number of methoxy groups -OCH3 is 1. The number of aryl methyl sites for hydroxylation is 1. The minimum atomic E-state index is -1.32. The monoisotopic (exact) mass is 359 g/mol. The van der Waals surface area contributed by atoms with Gasteiger partial charge in [0, 0.05) is 24.1 Å². The molecule has 1 aromatic heterocycles. The Balaban J connectivity index is 2.07. The zero-order valence-electron chi connectivity index (χ0n) is 14.6. The highest BCUT2D eigenvalue weighted by molar-refractivity contribution is 7.84. The van der Waals surface area contributed by atoms with Crippen LogP contribution < -0.4 is 0 Å². The van der Waals surface area contributed by atoms with Crippen LogP contribution in [0.2, 0.25) is 0 Å². The topological polar surface area (TPSA) is 65.4 Å². The maximum absolute atomic E-state index is 13.1. The minimum Gasteiger partial charge on any atom is -0.469 e. The molecule has 6 heteroatoms. The van der Waals surface area contributed by atoms with E-state index in [2.05, 4.69) is 6.92 Å². The van der Waals surface area contributed by atoms with Gasteiger partial charge in [-0.1, -0.05) is 31.2 Å². The molecule has 1 aromatic carbocycles. The quantitative estimate of drug-likeness (QED) is 0.608. The number of carbonyl (C=O) groups is 2. The van der Waals surface area contributed by atoms with Crippen LogP contribution in [0.4, 0.5) is 0 Å². The summed E-state index contributed by atoms with van der Waals surface area (Å²) in [6, 6.07) is 9.19. The maximum atomic E-state index is 13.1. The number of fused-ring (bicyclic) bond motifs is 1. The van der Waals surface area contributed by atoms with Crippen molar-refractivity contribution in [3.05, 3.63) is 52.8 Å². The van der Waals surface area contributed by atoms with Crippen LogP contribution in [0.5, 0.6) is 0 Å². The predicted octanol–water partition coefficient (Wildman–Crippen LogP) is 2.68. The Morgan fingerprint density at radius 2 is 1.96 bits per heavy atom. The average molecular weight is 359 g/mol. The number of nitrogens with zero attached hydrogens (tertiary/aromatic N) is 1. The molecule has 0 fully saturated rings. The van der Waals surface area contributed by atoms with Crippen molar-refractivity contribution in [3.8, 4) is 0 Å². The van der Waals surface area contributed by atoms with Gasteiger partial charge < -0.3 is 9.30 Å². The van der Waals surface area contributed by atoms with Gasteiger partial charge in [0.25, 0.3) is 0 Å². The van der Waals surface area contributed by atoms with Crippen molar-refractivity contribution >= 4 is 22.6 Å². The lowest BCUT2D eigenvalue weighted by Gasteiger charge is -2.08. The van der Waals surface area contributed by atoms with Gasteiger partial charge in [-0.3, -0.25) is 13.8 Å². The lowest BCUT2D eigenvalue weighted by molar-refractivity contribution is -0.142. The van der Waals surface area contributed by atoms with E-state index in [1.54, 1.807) is 24.5 Å². The first-order chi connectivity index (χ1) is 12.0. The van der Waals surface area contributed by atoms with Crippen molar-refractivity contribution in [2.75, 3.05) is 13.4 Å². The number of carbonyl (C=O) groups excluding carboxylic acids is 2. The van der Waals surface area contributed by atoms with Crippen molar-refractivity contribution < 1.29 is 18.5 Å². The third kappa shape index (κ3) is 3.06. The number of hydrogen-bond donors (Lipinski definition) is 0. The highest BCUT2D eigenvalue weighted by atomic mass is 32.2. The summed E-state index contributed by atoms with van der Waals surface area (Å²) >= 11 is 0. The summed E-state index contributed by atoms with van der Waals surface area (Å²) in [6.07, 6.45) is 3.04. The molecule has 25 heavy (non-hydrogen) atoms. The summed E-state index contributed by atoms with van der Waals surface area (Å²) < 4.78 is 18.9. The highest BCUT2D eigenvalue weighted by Gasteiger charge is 2.35. The SMILES string of the molecule is CCc1ccc(C(=O)c2c(S(C)=O)cc3n2CCC3C(=O)OC)cc1. The number of hydrogen-bond acceptors (Lipinski definition) is 4. The van der Waals surface area contributed by atoms with Crippen molar-refractivity contribution in [1.29, 1.82) is 0 Å². The van der Waals surface area contributed by atoms with Crippen molar-refractivity contribution in [2.24, 2.45) is 0 Å². The van der Waals surface area contributed by atoms with Crippen molar-refractivity contribution in [3.63, 3.8) is 0 Å². The van der Waals surface area contributed by atoms with Gasteiger partial charge in [-0.25, -0.2) is 0 Å². The standard InChI is InChI=1S/C19H21NO4S/c1-4-12-5-7-13(8-6-12)18(21)17-16(25(3)23)11-15-14(19(22)24-2)9-10-20(15)17/h5-8,11,14H,4,9-10H2,1-3H3. The van der Waals surface area contributed by atoms with Gasteiger partial charge in [0.2, 0.25) is 5.78 Å². The lowest BCUT2D eigenvalue weighted by atomic mass is 10.0. The molecular weight excluding hydrogens is 338 g/mol. The van der Waals surface area contributed by atoms with Gasteiger partial charge in [-0.15, -0.1) is 0 Å². The van der Waals surface area contributed by atoms with Gasteiger partial charge in [-0.2, -0.15) is 0 Å². The van der Waals surface area contributed by atoms with Gasteiger partial charge in [0.1, 0.15) is 5.69 Å². The number of benzene rings is 1. The van der Waals surface area contributed by atoms with Crippen LogP contribution in [-0.2, 0) is 33.3 Å². The number of rotatable bonds is 5. The van der Waals surface area contributed by atoms with E-state index >= 15 is 0 Å². The largest absolute Gasteiger partial charge is 0.469 e. The highest BCUT2D eigenvalue weighted by Crippen LogP contribution is 2.35. The molecule has 3 rings (SSSR count). The number of esters is 1. The van der Waals surface area contributed by atoms with Crippen LogP contribution in [0.25, 0.3) is 0 Å². The zero-order valence-corrected chi connectivity index (χ0v) is 15.4. The third-order valence-corrected chi connectivity index (χ3v) is 5.66. The summed E-state index contributed by atoms with van der Waals surface area (Å²) in [7, 11) is 0.0334. The second kappa shape index (κ2) is 6.96. The molecular formula is C19H21NO4S. The Kier molecular flexibility index (Phi) is 4.90. The first-order valence-corrected chi connectivity index (χ1v) is 9.82. The Morgan fingerprint density at radius 3 is 2.52 bits per heavy atom. The molecule has 0 saturated heterocycles. The molecule has 2 heterocycles. The summed E-state index contributed by atoms with van der Waals surface area (Å²) in [5.41, 5.74) is 2.85. The molecule has 2 aromatic rings. The Bertz CT molecular complexity index is 851. The van der Waals surface area contributed by atoms with Crippen LogP contribution in [0, 0.1) is 0 Å². The van der Waals surface area contributed by atoms with E-state index in [4.69, 9.17) is 4.74 Å². The number of aromatic nitrogens is 1. The van der Waals surface area contributed by atoms with Crippen LogP contribution >= 0.6 is 0 Å². The van der Waals surface area contributed by atoms with E-state index in [1.807, 2.05) is 16.7 Å². The molecule has 0 bridgehead atoms. The molecule has 2 unspecified atom stereocenters. The first kappa shape index (κ1) is 17.6. The smallest absolute Gasteiger partial charge is 0.314 e. The molecule has 2 atom stereocenters. The van der Waals surface area contributed by atoms with E-state index in [0.717, 1.165) is 12.0 Å². The van der Waals surface area contributed by atoms with E-state index in [1.165, 1.54) is 7.11 Å². The summed E-state index contributed by atoms with van der Waals surface area (Å²) in [6.45, 7) is 2.60. The first-order valence-electron chi connectivity index (χ1n) is 8.26. The fraction of sp³-hybridized carbons (Fsp3) is 0.368. The summed E-state index contributed by atoms with van der Waals surface area (Å²) in [4.78, 5) is 25.5. The zero-order chi connectivity index (χ0) is 18.1. The molecule has 0 N–H and O–H groups in total. The molecule has 132 valence electrons. The van der Waals surface area contributed by atoms with Crippen LogP contribution in [0.15, 0.2) is 35.2 Å². The Morgan fingerprint density at radius 1 is 1.28 bits per heavy atom. The normalized spacial score (nSPS) is 17.2. The summed E-state index contributed by atoms with van der Waals surface area (Å²) in [5, 5.41) is 0. The molecule has 1 aliphatic rings. The molecule has 0 aliphatic carbocycles. The third-order valence-electron chi connectivity index (χ3n) is 4.73. The molecule has 5 nitrogen and oxygen atoms in total. The van der Waals surface area contributed by atoms with E-state index in [9.17, 15) is 13.8 Å². The second-order valence-electron chi connectivity index (χ2n) is 6.13. The fourth-order valence-corrected chi connectivity index (χ4v) is 4.10. The van der Waals surface area contributed by atoms with Gasteiger partial charge in [-0.05, 0) is 24.5 Å². The van der Waals surface area contributed by atoms with Crippen molar-refractivity contribution in [1.82, 2.24) is 4.57 Å². The molecule has 0 amide bonds. The van der Waals surface area contributed by atoms with E-state index < -0.39 is 16.7 Å². The summed E-state index contributed by atoms with van der Waals surface area (Å²) in [5.74, 6) is -0.892. The van der Waals surface area contributed by atoms with Crippen LogP contribution in [-0.4, -0.2) is 33.9 Å². The van der Waals surface area contributed by atoms with Gasteiger partial charge in [0.05, 0.1) is 28.7 Å². The Labute approximate surface area is 149 Å². The van der Waals surface area contributed by atoms with Crippen molar-refractivity contribution in [2.45, 2.75) is 37.1 Å². The maximum Gasteiger partial charge on any atom is 0.314 e. The van der Waals surface area contributed by atoms with E-state index in [-0.39, 0.29) is 11.8 Å². The van der Waals surface area contributed by atoms with Gasteiger partial charge in [0.15, 0.2) is 0 Å². The number of ketones is 1. The number of ether oxygens (including phenoxy) is 1. The fourth-order valence-electron chi connectivity index (χ4n) is 3.34. The molecule has 1 aliphatic heterocycles. The lowest BCUT2D eigenvalue weighted by Crippen LogP contribution is -2.12. The molecule has 0 saturated carbocycles. The average Bonchev–Trinajstić information content (AvgIpc) is 3.19. The minimum absolute atomic E-state index is 0.162. The van der Waals surface area contributed by atoms with Gasteiger partial charge >= 0.3 is 5.97 Å². The Hall–Kier alpha value is -2.21. The van der Waals surface area contributed by atoms with Crippen LogP contribution in [0.3, 0.4) is 0 Å².